The van der Waals surface area contributed by atoms with E-state index < -0.39 is 0 Å². The highest BCUT2D eigenvalue weighted by Crippen LogP contribution is 2.32. The molecule has 0 aromatic carbocycles. The molecule has 0 aliphatic heterocycles. The Hall–Kier alpha value is -1.18. The summed E-state index contributed by atoms with van der Waals surface area (Å²) in [4.78, 5) is 26.4. The van der Waals surface area contributed by atoms with Crippen molar-refractivity contribution < 1.29 is 9.59 Å². The Kier molecular flexibility index (Phi) is 10.8. The van der Waals surface area contributed by atoms with Gasteiger partial charge in [-0.3, -0.25) is 9.59 Å². The van der Waals surface area contributed by atoms with Gasteiger partial charge in [0, 0.05) is 24.0 Å². The van der Waals surface area contributed by atoms with E-state index in [0.29, 0.717) is 24.7 Å². The van der Waals surface area contributed by atoms with Gasteiger partial charge in [0.15, 0.2) is 11.6 Å². The lowest BCUT2D eigenvalue weighted by atomic mass is 9.81. The van der Waals surface area contributed by atoms with Crippen molar-refractivity contribution in [2.45, 2.75) is 117 Å². The summed E-state index contributed by atoms with van der Waals surface area (Å²) in [6.45, 7) is 4.26. The zero-order valence-electron chi connectivity index (χ0n) is 18.4. The van der Waals surface area contributed by atoms with Crippen LogP contribution in [-0.4, -0.2) is 11.6 Å². The van der Waals surface area contributed by atoms with E-state index in [2.05, 4.69) is 26.0 Å². The summed E-state index contributed by atoms with van der Waals surface area (Å²) in [6.07, 6.45) is 21.8. The molecule has 2 aliphatic carbocycles. The van der Waals surface area contributed by atoms with Crippen molar-refractivity contribution in [1.82, 2.24) is 0 Å². The van der Waals surface area contributed by atoms with Crippen molar-refractivity contribution in [2.24, 2.45) is 11.8 Å². The first-order chi connectivity index (χ1) is 13.7. The van der Waals surface area contributed by atoms with E-state index in [1.807, 2.05) is 0 Å². The number of hydrogen-bond donors (Lipinski definition) is 0. The Bertz CT molecular complexity index is 493. The molecule has 2 fully saturated rings. The van der Waals surface area contributed by atoms with Gasteiger partial charge in [-0.15, -0.1) is 0 Å². The van der Waals surface area contributed by atoms with Crippen molar-refractivity contribution in [1.29, 1.82) is 0 Å². The Morgan fingerprint density at radius 3 is 1.32 bits per heavy atom. The average molecular weight is 387 g/mol. The number of carbonyl (C=O) groups is 2. The molecular weight excluding hydrogens is 344 g/mol. The first-order valence-electron chi connectivity index (χ1n) is 12.2. The van der Waals surface area contributed by atoms with Crippen molar-refractivity contribution in [3.05, 3.63) is 23.3 Å². The van der Waals surface area contributed by atoms with E-state index in [0.717, 1.165) is 36.8 Å². The van der Waals surface area contributed by atoms with Crippen LogP contribution in [0.4, 0.5) is 0 Å². The molecule has 0 spiro atoms. The number of unbranched alkanes of at least 4 members (excludes halogenated alkanes) is 2. The molecule has 0 radical (unpaired) electrons. The van der Waals surface area contributed by atoms with Crippen molar-refractivity contribution in [3.63, 3.8) is 0 Å². The molecule has 0 bridgehead atoms. The van der Waals surface area contributed by atoms with E-state index in [1.54, 1.807) is 0 Å². The average Bonchev–Trinajstić information content (AvgIpc) is 2.74. The number of ketones is 2. The number of hydrogen-bond acceptors (Lipinski definition) is 2. The number of Topliss-reactive ketones (excluding diaryl/α,β-unsaturated/α-hetero) is 2. The van der Waals surface area contributed by atoms with Gasteiger partial charge in [-0.2, -0.15) is 0 Å². The summed E-state index contributed by atoms with van der Waals surface area (Å²) in [5, 5.41) is 0. The van der Waals surface area contributed by atoms with Gasteiger partial charge in [-0.05, 0) is 50.4 Å². The van der Waals surface area contributed by atoms with Gasteiger partial charge in [-0.1, -0.05) is 77.4 Å². The van der Waals surface area contributed by atoms with Crippen molar-refractivity contribution >= 4 is 11.6 Å². The molecule has 0 heterocycles. The maximum Gasteiger partial charge on any atom is 0.163 e. The first kappa shape index (κ1) is 23.1. The van der Waals surface area contributed by atoms with Crippen LogP contribution < -0.4 is 0 Å². The summed E-state index contributed by atoms with van der Waals surface area (Å²) in [7, 11) is 0. The molecular formula is C26H42O2. The van der Waals surface area contributed by atoms with Crippen LogP contribution in [0.15, 0.2) is 23.3 Å². The maximum atomic E-state index is 13.2. The molecule has 28 heavy (non-hydrogen) atoms. The summed E-state index contributed by atoms with van der Waals surface area (Å²) >= 11 is 0. The molecule has 0 amide bonds. The normalized spacial score (nSPS) is 20.4. The van der Waals surface area contributed by atoms with Crippen LogP contribution in [0.2, 0.25) is 0 Å². The third-order valence-corrected chi connectivity index (χ3v) is 6.51. The smallest absolute Gasteiger partial charge is 0.163 e. The summed E-state index contributed by atoms with van der Waals surface area (Å²) in [5.41, 5.74) is 1.57. The second-order valence-corrected chi connectivity index (χ2v) is 9.01. The Morgan fingerprint density at radius 2 is 1.00 bits per heavy atom. The third kappa shape index (κ3) is 7.68. The summed E-state index contributed by atoms with van der Waals surface area (Å²) in [5.74, 6) is 1.37. The number of rotatable bonds is 11. The van der Waals surface area contributed by atoms with Crippen molar-refractivity contribution in [2.75, 3.05) is 0 Å². The van der Waals surface area contributed by atoms with Gasteiger partial charge in [0.1, 0.15) is 0 Å². The van der Waals surface area contributed by atoms with Crippen LogP contribution in [0.3, 0.4) is 0 Å². The van der Waals surface area contributed by atoms with Gasteiger partial charge in [0.2, 0.25) is 0 Å². The van der Waals surface area contributed by atoms with Crippen LogP contribution in [-0.2, 0) is 9.59 Å². The van der Waals surface area contributed by atoms with E-state index in [4.69, 9.17) is 0 Å². The van der Waals surface area contributed by atoms with Crippen LogP contribution in [0.1, 0.15) is 117 Å². The molecule has 0 unspecified atom stereocenters. The van der Waals surface area contributed by atoms with Gasteiger partial charge in [0.05, 0.1) is 0 Å². The lowest BCUT2D eigenvalue weighted by molar-refractivity contribution is -0.118. The minimum absolute atomic E-state index is 0.208. The molecule has 0 aromatic heterocycles. The molecule has 0 saturated heterocycles. The fourth-order valence-electron chi connectivity index (χ4n) is 4.68. The highest BCUT2D eigenvalue weighted by atomic mass is 16.1. The van der Waals surface area contributed by atoms with Crippen molar-refractivity contribution in [3.8, 4) is 0 Å². The minimum Gasteiger partial charge on any atom is -0.294 e. The van der Waals surface area contributed by atoms with E-state index in [-0.39, 0.29) is 11.6 Å². The predicted octanol–water partition coefficient (Wildman–Crippen LogP) is 7.52. The molecule has 0 aromatic rings. The molecule has 2 saturated carbocycles. The maximum absolute atomic E-state index is 13.2. The third-order valence-electron chi connectivity index (χ3n) is 6.51. The lowest BCUT2D eigenvalue weighted by Crippen LogP contribution is -2.17. The van der Waals surface area contributed by atoms with Crippen LogP contribution in [0.25, 0.3) is 0 Å². The lowest BCUT2D eigenvalue weighted by Gasteiger charge is -2.23. The fourth-order valence-corrected chi connectivity index (χ4v) is 4.68. The second-order valence-electron chi connectivity index (χ2n) is 9.01. The Labute approximate surface area is 173 Å². The Morgan fingerprint density at radius 1 is 0.643 bits per heavy atom. The minimum atomic E-state index is 0.208. The molecule has 2 aliphatic rings. The number of allylic oxidation sites excluding steroid dienone is 4. The predicted molar refractivity (Wildman–Crippen MR) is 118 cm³/mol. The van der Waals surface area contributed by atoms with Gasteiger partial charge in [0.25, 0.3) is 0 Å². The molecule has 0 N–H and O–H groups in total. The zero-order valence-corrected chi connectivity index (χ0v) is 18.4. The van der Waals surface area contributed by atoms with E-state index in [1.165, 1.54) is 64.2 Å². The van der Waals surface area contributed by atoms with Crippen LogP contribution >= 0.6 is 0 Å². The highest BCUT2D eigenvalue weighted by molar-refractivity contribution is 6.12. The van der Waals surface area contributed by atoms with Crippen LogP contribution in [0, 0.1) is 11.8 Å². The van der Waals surface area contributed by atoms with E-state index >= 15 is 0 Å². The van der Waals surface area contributed by atoms with Gasteiger partial charge in [-0.25, -0.2) is 0 Å². The van der Waals surface area contributed by atoms with Gasteiger partial charge < -0.3 is 0 Å². The SMILES string of the molecule is CCCCC(=O)C(=C\C1CCCCC1)/C(=C/C1CCCCC1)C(=O)CCCC. The topological polar surface area (TPSA) is 34.1 Å². The summed E-state index contributed by atoms with van der Waals surface area (Å²) < 4.78 is 0. The molecule has 0 atom stereocenters. The highest BCUT2D eigenvalue weighted by Gasteiger charge is 2.24. The first-order valence-corrected chi connectivity index (χ1v) is 12.2. The number of carbonyl (C=O) groups excluding carboxylic acids is 2. The summed E-state index contributed by atoms with van der Waals surface area (Å²) in [6, 6.07) is 0. The molecule has 2 heteroatoms. The fraction of sp³-hybridized carbons (Fsp3) is 0.769. The largest absolute Gasteiger partial charge is 0.294 e. The van der Waals surface area contributed by atoms with Gasteiger partial charge >= 0.3 is 0 Å². The zero-order chi connectivity index (χ0) is 20.2. The quantitative estimate of drug-likeness (QED) is 0.272. The molecule has 2 rings (SSSR count). The monoisotopic (exact) mass is 386 g/mol. The molecule has 158 valence electrons. The van der Waals surface area contributed by atoms with Crippen LogP contribution in [0.5, 0.6) is 0 Å². The standard InChI is InChI=1S/C26H42O2/c1-3-5-17-25(27)23(19-21-13-9-7-10-14-21)24(26(28)18-6-4-2)20-22-15-11-8-12-16-22/h19-22H,3-18H2,1-2H3/b23-19-,24-20-. The molecule has 2 nitrogen and oxygen atoms in total. The van der Waals surface area contributed by atoms with E-state index in [9.17, 15) is 9.59 Å². The Balaban J connectivity index is 2.33. The second kappa shape index (κ2) is 13.1.